The van der Waals surface area contributed by atoms with Crippen molar-refractivity contribution in [1.82, 2.24) is 24.8 Å². The summed E-state index contributed by atoms with van der Waals surface area (Å²) >= 11 is 0. The molecule has 9 heteroatoms. The molecule has 5 rings (SSSR count). The van der Waals surface area contributed by atoms with Gasteiger partial charge in [0.05, 0.1) is 11.2 Å². The van der Waals surface area contributed by atoms with Crippen LogP contribution in [-0.4, -0.2) is 44.3 Å². The molecule has 0 fully saturated rings. The molecule has 0 saturated carbocycles. The van der Waals surface area contributed by atoms with Crippen LogP contribution in [0.1, 0.15) is 11.3 Å². The lowest BCUT2D eigenvalue weighted by molar-refractivity contribution is -0.124. The minimum absolute atomic E-state index is 0.140. The first-order valence-corrected chi connectivity index (χ1v) is 11.5. The highest BCUT2D eigenvalue weighted by molar-refractivity contribution is 5.88. The number of pyridine rings is 1. The van der Waals surface area contributed by atoms with Crippen molar-refractivity contribution in [3.8, 4) is 11.5 Å². The minimum atomic E-state index is -0.140. The molecule has 1 amide bonds. The smallest absolute Gasteiger partial charge is 0.245 e. The molecular formula is C28H24N6O3. The Morgan fingerprint density at radius 3 is 2.84 bits per heavy atom. The monoisotopic (exact) mass is 492 g/mol. The van der Waals surface area contributed by atoms with Crippen molar-refractivity contribution in [2.24, 2.45) is 0 Å². The number of aryl methyl sites for hydroxylation is 1. The zero-order valence-corrected chi connectivity index (χ0v) is 20.4. The molecule has 0 spiro atoms. The largest absolute Gasteiger partial charge is 0.457 e. The van der Waals surface area contributed by atoms with Gasteiger partial charge in [-0.25, -0.2) is 19.9 Å². The second-order valence-electron chi connectivity index (χ2n) is 8.34. The molecule has 184 valence electrons. The third kappa shape index (κ3) is 5.30. The van der Waals surface area contributed by atoms with E-state index in [1.807, 2.05) is 67.6 Å². The van der Waals surface area contributed by atoms with Crippen molar-refractivity contribution in [3.05, 3.63) is 91.2 Å². The molecule has 0 aliphatic rings. The van der Waals surface area contributed by atoms with Crippen LogP contribution in [0.2, 0.25) is 0 Å². The Hall–Kier alpha value is -5.05. The van der Waals surface area contributed by atoms with Crippen molar-refractivity contribution >= 4 is 45.6 Å². The van der Waals surface area contributed by atoms with Gasteiger partial charge in [0, 0.05) is 25.3 Å². The van der Waals surface area contributed by atoms with E-state index in [2.05, 4.69) is 26.8 Å². The SMILES string of the molecule is C=CC(=O)N(C)CC=Cc1ccc2ncnc(Nc3ccc(Oc4ccc5ocnc5c4)c(C)c3)c2n1. The van der Waals surface area contributed by atoms with Crippen molar-refractivity contribution in [2.45, 2.75) is 6.92 Å². The first-order chi connectivity index (χ1) is 18.0. The van der Waals surface area contributed by atoms with Crippen molar-refractivity contribution in [2.75, 3.05) is 18.9 Å². The van der Waals surface area contributed by atoms with Gasteiger partial charge in [0.15, 0.2) is 17.8 Å². The lowest BCUT2D eigenvalue weighted by Gasteiger charge is -2.12. The highest BCUT2D eigenvalue weighted by atomic mass is 16.5. The van der Waals surface area contributed by atoms with Gasteiger partial charge < -0.3 is 19.4 Å². The van der Waals surface area contributed by atoms with Crippen LogP contribution in [0.15, 0.2) is 84.4 Å². The molecule has 0 aliphatic heterocycles. The molecule has 0 atom stereocenters. The van der Waals surface area contributed by atoms with Gasteiger partial charge in [-0.15, -0.1) is 0 Å². The molecule has 0 bridgehead atoms. The second-order valence-corrected chi connectivity index (χ2v) is 8.34. The number of rotatable bonds is 8. The lowest BCUT2D eigenvalue weighted by atomic mass is 10.2. The number of benzene rings is 2. The Morgan fingerprint density at radius 1 is 1.11 bits per heavy atom. The van der Waals surface area contributed by atoms with Gasteiger partial charge in [0.2, 0.25) is 5.91 Å². The topological polar surface area (TPSA) is 106 Å². The van der Waals surface area contributed by atoms with E-state index in [9.17, 15) is 4.79 Å². The van der Waals surface area contributed by atoms with E-state index in [1.165, 1.54) is 18.8 Å². The maximum Gasteiger partial charge on any atom is 0.245 e. The van der Waals surface area contributed by atoms with E-state index in [4.69, 9.17) is 14.1 Å². The first kappa shape index (κ1) is 23.7. The fraction of sp³-hybridized carbons (Fsp3) is 0.107. The fourth-order valence-corrected chi connectivity index (χ4v) is 3.72. The summed E-state index contributed by atoms with van der Waals surface area (Å²) in [6, 6.07) is 15.1. The number of aromatic nitrogens is 4. The summed E-state index contributed by atoms with van der Waals surface area (Å²) in [6.45, 7) is 5.92. The summed E-state index contributed by atoms with van der Waals surface area (Å²) in [5, 5.41) is 3.34. The van der Waals surface area contributed by atoms with E-state index in [1.54, 1.807) is 11.9 Å². The average molecular weight is 493 g/mol. The normalized spacial score (nSPS) is 11.2. The van der Waals surface area contributed by atoms with Gasteiger partial charge >= 0.3 is 0 Å². The zero-order chi connectivity index (χ0) is 25.8. The third-order valence-corrected chi connectivity index (χ3v) is 5.69. The van der Waals surface area contributed by atoms with Crippen molar-refractivity contribution in [1.29, 1.82) is 0 Å². The first-order valence-electron chi connectivity index (χ1n) is 11.5. The number of oxazole rings is 1. The Balaban J connectivity index is 1.34. The summed E-state index contributed by atoms with van der Waals surface area (Å²) in [5.74, 6) is 1.85. The Bertz CT molecular complexity index is 1640. The Kier molecular flexibility index (Phi) is 6.58. The van der Waals surface area contributed by atoms with E-state index in [0.29, 0.717) is 34.7 Å². The summed E-state index contributed by atoms with van der Waals surface area (Å²) < 4.78 is 11.4. The number of nitrogens with zero attached hydrogens (tertiary/aromatic N) is 5. The molecule has 9 nitrogen and oxygen atoms in total. The van der Waals surface area contributed by atoms with Gasteiger partial charge in [-0.1, -0.05) is 12.7 Å². The number of anilines is 2. The minimum Gasteiger partial charge on any atom is -0.457 e. The van der Waals surface area contributed by atoms with Crippen molar-refractivity contribution < 1.29 is 13.9 Å². The highest BCUT2D eigenvalue weighted by Gasteiger charge is 2.10. The molecule has 3 heterocycles. The Morgan fingerprint density at radius 2 is 2.00 bits per heavy atom. The zero-order valence-electron chi connectivity index (χ0n) is 20.4. The Labute approximate surface area is 213 Å². The van der Waals surface area contributed by atoms with Crippen molar-refractivity contribution in [3.63, 3.8) is 0 Å². The number of ether oxygens (including phenoxy) is 1. The molecule has 0 saturated heterocycles. The van der Waals surface area contributed by atoms with Gasteiger partial charge in [-0.3, -0.25) is 4.79 Å². The van der Waals surface area contributed by atoms with Gasteiger partial charge in [-0.2, -0.15) is 0 Å². The van der Waals surface area contributed by atoms with Gasteiger partial charge in [0.25, 0.3) is 0 Å². The summed E-state index contributed by atoms with van der Waals surface area (Å²) in [7, 11) is 1.71. The molecule has 3 aromatic heterocycles. The van der Waals surface area contributed by atoms with Crippen LogP contribution < -0.4 is 10.1 Å². The molecule has 0 radical (unpaired) electrons. The van der Waals surface area contributed by atoms with E-state index in [-0.39, 0.29) is 5.91 Å². The van der Waals surface area contributed by atoms with E-state index >= 15 is 0 Å². The van der Waals surface area contributed by atoms with Gasteiger partial charge in [0.1, 0.15) is 28.9 Å². The number of carbonyl (C=O) groups is 1. The molecular weight excluding hydrogens is 468 g/mol. The average Bonchev–Trinajstić information content (AvgIpc) is 3.38. The van der Waals surface area contributed by atoms with Crippen LogP contribution >= 0.6 is 0 Å². The van der Waals surface area contributed by atoms with Crippen LogP contribution in [0, 0.1) is 6.92 Å². The number of likely N-dealkylation sites (N-methyl/N-ethyl adjacent to an activating group) is 1. The quantitative estimate of drug-likeness (QED) is 0.276. The number of hydrogen-bond donors (Lipinski definition) is 1. The van der Waals surface area contributed by atoms with Gasteiger partial charge in [-0.05, 0) is 67.1 Å². The summed E-state index contributed by atoms with van der Waals surface area (Å²) in [6.07, 6.45) is 7.93. The summed E-state index contributed by atoms with van der Waals surface area (Å²) in [4.78, 5) is 30.8. The van der Waals surface area contributed by atoms with Crippen LogP contribution in [-0.2, 0) is 4.79 Å². The van der Waals surface area contributed by atoms with E-state index < -0.39 is 0 Å². The lowest BCUT2D eigenvalue weighted by Crippen LogP contribution is -2.24. The van der Waals surface area contributed by atoms with E-state index in [0.717, 1.165) is 28.2 Å². The number of fused-ring (bicyclic) bond motifs is 2. The molecule has 37 heavy (non-hydrogen) atoms. The molecule has 0 aliphatic carbocycles. The van der Waals surface area contributed by atoms with Crippen LogP contribution in [0.5, 0.6) is 11.5 Å². The second kappa shape index (κ2) is 10.3. The summed E-state index contributed by atoms with van der Waals surface area (Å²) in [5.41, 5.74) is 5.31. The number of amides is 1. The van der Waals surface area contributed by atoms with Crippen LogP contribution in [0.4, 0.5) is 11.5 Å². The van der Waals surface area contributed by atoms with Crippen LogP contribution in [0.25, 0.3) is 28.2 Å². The predicted octanol–water partition coefficient (Wildman–Crippen LogP) is 5.67. The number of hydrogen-bond acceptors (Lipinski definition) is 8. The highest BCUT2D eigenvalue weighted by Crippen LogP contribution is 2.30. The predicted molar refractivity (Wildman–Crippen MR) is 143 cm³/mol. The third-order valence-electron chi connectivity index (χ3n) is 5.69. The molecule has 5 aromatic rings. The molecule has 0 unspecified atom stereocenters. The van der Waals surface area contributed by atoms with Crippen LogP contribution in [0.3, 0.4) is 0 Å². The molecule has 2 aromatic carbocycles. The number of nitrogens with one attached hydrogen (secondary N) is 1. The molecule has 1 N–H and O–H groups in total. The number of carbonyl (C=O) groups excluding carboxylic acids is 1. The maximum atomic E-state index is 11.6. The maximum absolute atomic E-state index is 11.6. The standard InChI is InChI=1S/C28H24N6O3/c1-4-26(35)34(3)13-5-6-19-7-10-22-27(32-19)28(30-16-29-22)33-20-8-11-24(18(2)14-20)37-21-9-12-25-23(15-21)31-17-36-25/h4-12,14-17H,1,13H2,2-3H3,(H,29,30,33). The fourth-order valence-electron chi connectivity index (χ4n) is 3.72.